The lowest BCUT2D eigenvalue weighted by Gasteiger charge is -2.09. The van der Waals surface area contributed by atoms with E-state index in [0.29, 0.717) is 22.6 Å². The fourth-order valence-corrected chi connectivity index (χ4v) is 1.85. The van der Waals surface area contributed by atoms with E-state index in [2.05, 4.69) is 15.6 Å². The zero-order valence-corrected chi connectivity index (χ0v) is 13.3. The summed E-state index contributed by atoms with van der Waals surface area (Å²) in [5.41, 5.74) is 2.03. The Labute approximate surface area is 134 Å². The number of benzene rings is 1. The van der Waals surface area contributed by atoms with Crippen molar-refractivity contribution in [3.63, 3.8) is 0 Å². The molecule has 6 heteroatoms. The van der Waals surface area contributed by atoms with E-state index in [0.717, 1.165) is 0 Å². The minimum atomic E-state index is -0.337. The molecule has 23 heavy (non-hydrogen) atoms. The van der Waals surface area contributed by atoms with Gasteiger partial charge < -0.3 is 15.6 Å². The lowest BCUT2D eigenvalue weighted by molar-refractivity contribution is -0.118. The van der Waals surface area contributed by atoms with Crippen LogP contribution in [0, 0.1) is 5.92 Å². The van der Waals surface area contributed by atoms with E-state index in [4.69, 9.17) is 0 Å². The summed E-state index contributed by atoms with van der Waals surface area (Å²) in [4.78, 5) is 37.7. The lowest BCUT2D eigenvalue weighted by atomic mass is 10.2. The Morgan fingerprint density at radius 2 is 1.57 bits per heavy atom. The molecule has 1 heterocycles. The molecule has 0 atom stereocenters. The molecule has 2 rings (SSSR count). The van der Waals surface area contributed by atoms with Gasteiger partial charge in [0.05, 0.1) is 0 Å². The number of hydrogen-bond donors (Lipinski definition) is 3. The number of anilines is 2. The highest BCUT2D eigenvalue weighted by atomic mass is 16.2. The molecule has 0 unspecified atom stereocenters. The second kappa shape index (κ2) is 6.91. The highest BCUT2D eigenvalue weighted by molar-refractivity contribution is 6.05. The first-order valence-electron chi connectivity index (χ1n) is 7.28. The number of carbonyl (C=O) groups excluding carboxylic acids is 3. The van der Waals surface area contributed by atoms with Gasteiger partial charge >= 0.3 is 0 Å². The van der Waals surface area contributed by atoms with Crippen LogP contribution in [0.3, 0.4) is 0 Å². The summed E-state index contributed by atoms with van der Waals surface area (Å²) in [6.45, 7) is 5.07. The third kappa shape index (κ3) is 4.29. The molecule has 2 amide bonds. The van der Waals surface area contributed by atoms with Crippen molar-refractivity contribution in [2.45, 2.75) is 20.8 Å². The van der Waals surface area contributed by atoms with Gasteiger partial charge in [-0.3, -0.25) is 14.4 Å². The monoisotopic (exact) mass is 313 g/mol. The number of hydrogen-bond acceptors (Lipinski definition) is 3. The number of carbonyl (C=O) groups is 3. The second-order valence-electron chi connectivity index (χ2n) is 5.53. The molecule has 0 aliphatic heterocycles. The predicted octanol–water partition coefficient (Wildman–Crippen LogP) is 3.06. The number of Topliss-reactive ketones (excluding diaryl/α,β-unsaturated/α-hetero) is 1. The van der Waals surface area contributed by atoms with Gasteiger partial charge in [0.1, 0.15) is 5.69 Å². The normalized spacial score (nSPS) is 10.4. The molecule has 0 bridgehead atoms. The smallest absolute Gasteiger partial charge is 0.272 e. The molecule has 6 nitrogen and oxygen atoms in total. The van der Waals surface area contributed by atoms with Crippen molar-refractivity contribution in [3.05, 3.63) is 47.8 Å². The Kier molecular flexibility index (Phi) is 4.95. The van der Waals surface area contributed by atoms with Crippen LogP contribution in [0.25, 0.3) is 0 Å². The molecule has 1 aromatic heterocycles. The van der Waals surface area contributed by atoms with Crippen LogP contribution < -0.4 is 10.6 Å². The van der Waals surface area contributed by atoms with Gasteiger partial charge in [-0.2, -0.15) is 0 Å². The van der Waals surface area contributed by atoms with E-state index in [1.165, 1.54) is 19.2 Å². The molecule has 0 saturated carbocycles. The van der Waals surface area contributed by atoms with Crippen LogP contribution in [0.2, 0.25) is 0 Å². The molecule has 0 aliphatic rings. The predicted molar refractivity (Wildman–Crippen MR) is 88.7 cm³/mol. The molecule has 0 radical (unpaired) electrons. The number of ketones is 1. The largest absolute Gasteiger partial charge is 0.356 e. The second-order valence-corrected chi connectivity index (χ2v) is 5.53. The molecule has 0 spiro atoms. The zero-order chi connectivity index (χ0) is 17.0. The highest BCUT2D eigenvalue weighted by Crippen LogP contribution is 2.15. The average molecular weight is 313 g/mol. The molecule has 3 N–H and O–H groups in total. The summed E-state index contributed by atoms with van der Waals surface area (Å²) < 4.78 is 0. The number of aromatic nitrogens is 1. The van der Waals surface area contributed by atoms with Gasteiger partial charge in [0.25, 0.3) is 5.91 Å². The maximum Gasteiger partial charge on any atom is 0.272 e. The molecule has 2 aromatic rings. The SMILES string of the molecule is CC(=O)c1c[nH]c(C(=O)Nc2ccc(NC(=O)C(C)C)cc2)c1. The van der Waals surface area contributed by atoms with Crippen molar-refractivity contribution in [1.29, 1.82) is 0 Å². The molecule has 120 valence electrons. The van der Waals surface area contributed by atoms with Gasteiger partial charge in [-0.1, -0.05) is 13.8 Å². The first-order valence-corrected chi connectivity index (χ1v) is 7.28. The third-order valence-electron chi connectivity index (χ3n) is 3.27. The van der Waals surface area contributed by atoms with Crippen molar-refractivity contribution >= 4 is 29.0 Å². The number of nitrogens with one attached hydrogen (secondary N) is 3. The van der Waals surface area contributed by atoms with Crippen molar-refractivity contribution < 1.29 is 14.4 Å². The van der Waals surface area contributed by atoms with E-state index < -0.39 is 0 Å². The fourth-order valence-electron chi connectivity index (χ4n) is 1.85. The molecule has 0 aliphatic carbocycles. The van der Waals surface area contributed by atoms with Gasteiger partial charge in [0.15, 0.2) is 5.78 Å². The van der Waals surface area contributed by atoms with Crippen LogP contribution in [-0.4, -0.2) is 22.6 Å². The van der Waals surface area contributed by atoms with Crippen molar-refractivity contribution in [1.82, 2.24) is 4.98 Å². The standard InChI is InChI=1S/C17H19N3O3/c1-10(2)16(22)19-13-4-6-14(7-5-13)20-17(23)15-8-12(9-18-15)11(3)21/h4-10,18H,1-3H3,(H,19,22)(H,20,23). The van der Waals surface area contributed by atoms with Gasteiger partial charge in [0.2, 0.25) is 5.91 Å². The van der Waals surface area contributed by atoms with Crippen LogP contribution in [0.4, 0.5) is 11.4 Å². The van der Waals surface area contributed by atoms with E-state index in [-0.39, 0.29) is 23.5 Å². The average Bonchev–Trinajstić information content (AvgIpc) is 2.99. The lowest BCUT2D eigenvalue weighted by Crippen LogP contribution is -2.17. The van der Waals surface area contributed by atoms with Crippen molar-refractivity contribution in [3.8, 4) is 0 Å². The first-order chi connectivity index (χ1) is 10.9. The maximum absolute atomic E-state index is 12.1. The van der Waals surface area contributed by atoms with Gasteiger partial charge in [0, 0.05) is 29.1 Å². The first kappa shape index (κ1) is 16.5. The summed E-state index contributed by atoms with van der Waals surface area (Å²) in [6.07, 6.45) is 1.50. The Hall–Kier alpha value is -2.89. The van der Waals surface area contributed by atoms with Gasteiger partial charge in [-0.25, -0.2) is 0 Å². The zero-order valence-electron chi connectivity index (χ0n) is 13.3. The van der Waals surface area contributed by atoms with E-state index >= 15 is 0 Å². The van der Waals surface area contributed by atoms with Crippen LogP contribution in [0.5, 0.6) is 0 Å². The fraction of sp³-hybridized carbons (Fsp3) is 0.235. The summed E-state index contributed by atoms with van der Waals surface area (Å²) in [7, 11) is 0. The molecule has 0 saturated heterocycles. The highest BCUT2D eigenvalue weighted by Gasteiger charge is 2.11. The van der Waals surface area contributed by atoms with Gasteiger partial charge in [-0.15, -0.1) is 0 Å². The van der Waals surface area contributed by atoms with Crippen LogP contribution >= 0.6 is 0 Å². The van der Waals surface area contributed by atoms with E-state index in [1.54, 1.807) is 24.3 Å². The topological polar surface area (TPSA) is 91.1 Å². The number of aromatic amines is 1. The number of H-pyrrole nitrogens is 1. The number of rotatable bonds is 5. The minimum absolute atomic E-state index is 0.0649. The summed E-state index contributed by atoms with van der Waals surface area (Å²) >= 11 is 0. The summed E-state index contributed by atoms with van der Waals surface area (Å²) in [5, 5.41) is 5.49. The Morgan fingerprint density at radius 1 is 1.00 bits per heavy atom. The molecule has 1 aromatic carbocycles. The van der Waals surface area contributed by atoms with Crippen LogP contribution in [0.15, 0.2) is 36.5 Å². The van der Waals surface area contributed by atoms with E-state index in [9.17, 15) is 14.4 Å². The molecular formula is C17H19N3O3. The Balaban J connectivity index is 2.01. The van der Waals surface area contributed by atoms with Gasteiger partial charge in [-0.05, 0) is 37.3 Å². The minimum Gasteiger partial charge on any atom is -0.356 e. The van der Waals surface area contributed by atoms with Crippen molar-refractivity contribution in [2.24, 2.45) is 5.92 Å². The number of amides is 2. The van der Waals surface area contributed by atoms with Crippen LogP contribution in [-0.2, 0) is 4.79 Å². The van der Waals surface area contributed by atoms with Crippen LogP contribution in [0.1, 0.15) is 41.6 Å². The Morgan fingerprint density at radius 3 is 2.04 bits per heavy atom. The Bertz CT molecular complexity index is 730. The van der Waals surface area contributed by atoms with E-state index in [1.807, 2.05) is 13.8 Å². The summed E-state index contributed by atoms with van der Waals surface area (Å²) in [5.74, 6) is -0.607. The quantitative estimate of drug-likeness (QED) is 0.741. The van der Waals surface area contributed by atoms with Crippen molar-refractivity contribution in [2.75, 3.05) is 10.6 Å². The summed E-state index contributed by atoms with van der Waals surface area (Å²) in [6, 6.07) is 8.33. The molecular weight excluding hydrogens is 294 g/mol. The third-order valence-corrected chi connectivity index (χ3v) is 3.27. The maximum atomic E-state index is 12.1. The molecule has 0 fully saturated rings.